The maximum atomic E-state index is 12.2. The van der Waals surface area contributed by atoms with Crippen LogP contribution in [0.25, 0.3) is 11.4 Å². The predicted molar refractivity (Wildman–Crippen MR) is 94.2 cm³/mol. The molecule has 2 N–H and O–H groups in total. The number of rotatable bonds is 6. The second-order valence-corrected chi connectivity index (χ2v) is 6.93. The molecule has 1 aliphatic rings. The summed E-state index contributed by atoms with van der Waals surface area (Å²) in [6.45, 7) is 2.05. The molecule has 0 aliphatic heterocycles. The fourth-order valence-corrected chi connectivity index (χ4v) is 3.28. The minimum Gasteiger partial charge on any atom is -0.481 e. The molecule has 1 saturated carbocycles. The molecule has 138 valence electrons. The van der Waals surface area contributed by atoms with E-state index >= 15 is 0 Å². The van der Waals surface area contributed by atoms with Crippen LogP contribution in [0.3, 0.4) is 0 Å². The Kier molecular flexibility index (Phi) is 5.29. The number of nitrogens with one attached hydrogen (secondary N) is 1. The first kappa shape index (κ1) is 18.0. The predicted octanol–water partition coefficient (Wildman–Crippen LogP) is 1.80. The summed E-state index contributed by atoms with van der Waals surface area (Å²) in [5.41, 5.74) is 1.11. The molecule has 26 heavy (non-hydrogen) atoms. The van der Waals surface area contributed by atoms with Crippen LogP contribution in [0.4, 0.5) is 0 Å². The van der Waals surface area contributed by atoms with Gasteiger partial charge in [0, 0.05) is 12.1 Å². The van der Waals surface area contributed by atoms with E-state index in [0.717, 1.165) is 30.4 Å². The van der Waals surface area contributed by atoms with E-state index in [1.165, 1.54) is 4.80 Å². The molecule has 1 amide bonds. The van der Waals surface area contributed by atoms with Gasteiger partial charge < -0.3 is 10.4 Å². The highest BCUT2D eigenvalue weighted by Gasteiger charge is 2.39. The van der Waals surface area contributed by atoms with Crippen LogP contribution in [0.15, 0.2) is 24.3 Å². The van der Waals surface area contributed by atoms with Crippen molar-refractivity contribution in [2.45, 2.75) is 45.6 Å². The Morgan fingerprint density at radius 3 is 2.54 bits per heavy atom. The molecule has 1 aromatic carbocycles. The second kappa shape index (κ2) is 7.63. The van der Waals surface area contributed by atoms with Crippen LogP contribution < -0.4 is 5.32 Å². The average molecular weight is 357 g/mol. The van der Waals surface area contributed by atoms with E-state index in [1.54, 1.807) is 0 Å². The quantitative estimate of drug-likeness (QED) is 0.816. The van der Waals surface area contributed by atoms with Crippen LogP contribution in [0, 0.1) is 12.3 Å². The highest BCUT2D eigenvalue weighted by atomic mass is 16.4. The third-order valence-electron chi connectivity index (χ3n) is 4.94. The van der Waals surface area contributed by atoms with Gasteiger partial charge in [-0.2, -0.15) is 4.80 Å². The number of carboxylic acids is 1. The molecule has 8 nitrogen and oxygen atoms in total. The third-order valence-corrected chi connectivity index (χ3v) is 4.94. The summed E-state index contributed by atoms with van der Waals surface area (Å²) in [5.74, 6) is -0.700. The Hall–Kier alpha value is -2.77. The standard InChI is InChI=1S/C18H23N5O3/c1-13-5-7-14(8-6-13)16-20-22-23(21-16)11-15(24)19-12-18(17(25)26)9-3-2-4-10-18/h5-8H,2-4,9-12H2,1H3,(H,19,24)(H,25,26). The number of hydrogen-bond donors (Lipinski definition) is 2. The Labute approximate surface area is 151 Å². The lowest BCUT2D eigenvalue weighted by Crippen LogP contribution is -2.45. The van der Waals surface area contributed by atoms with Gasteiger partial charge in [0.25, 0.3) is 0 Å². The van der Waals surface area contributed by atoms with Gasteiger partial charge in [0.1, 0.15) is 6.54 Å². The highest BCUT2D eigenvalue weighted by molar-refractivity contribution is 5.79. The molecule has 1 heterocycles. The molecule has 0 saturated heterocycles. The molecule has 8 heteroatoms. The molecule has 1 fully saturated rings. The Morgan fingerprint density at radius 2 is 1.88 bits per heavy atom. The van der Waals surface area contributed by atoms with E-state index < -0.39 is 11.4 Å². The number of aliphatic carboxylic acids is 1. The summed E-state index contributed by atoms with van der Waals surface area (Å²) in [7, 11) is 0. The summed E-state index contributed by atoms with van der Waals surface area (Å²) >= 11 is 0. The topological polar surface area (TPSA) is 110 Å². The summed E-state index contributed by atoms with van der Waals surface area (Å²) in [4.78, 5) is 25.0. The molecule has 0 unspecified atom stereocenters. The number of carbonyl (C=O) groups is 2. The van der Waals surface area contributed by atoms with Crippen molar-refractivity contribution in [2.75, 3.05) is 6.54 Å². The second-order valence-electron chi connectivity index (χ2n) is 6.93. The fourth-order valence-electron chi connectivity index (χ4n) is 3.28. The fraction of sp³-hybridized carbons (Fsp3) is 0.500. The van der Waals surface area contributed by atoms with Crippen LogP contribution in [0.2, 0.25) is 0 Å². The number of benzene rings is 1. The summed E-state index contributed by atoms with van der Waals surface area (Å²) in [6.07, 6.45) is 4.01. The van der Waals surface area contributed by atoms with E-state index in [0.29, 0.717) is 18.7 Å². The van der Waals surface area contributed by atoms with Gasteiger partial charge in [0.05, 0.1) is 5.41 Å². The third kappa shape index (κ3) is 4.07. The van der Waals surface area contributed by atoms with Gasteiger partial charge in [0.2, 0.25) is 11.7 Å². The zero-order chi connectivity index (χ0) is 18.6. The van der Waals surface area contributed by atoms with Gasteiger partial charge in [-0.25, -0.2) is 0 Å². The molecule has 0 radical (unpaired) electrons. The average Bonchev–Trinajstić information content (AvgIpc) is 3.09. The Morgan fingerprint density at radius 1 is 1.19 bits per heavy atom. The smallest absolute Gasteiger partial charge is 0.311 e. The first-order valence-corrected chi connectivity index (χ1v) is 8.83. The maximum absolute atomic E-state index is 12.2. The number of aromatic nitrogens is 4. The minimum atomic E-state index is -0.850. The number of nitrogens with zero attached hydrogens (tertiary/aromatic N) is 4. The van der Waals surface area contributed by atoms with E-state index in [2.05, 4.69) is 20.7 Å². The van der Waals surface area contributed by atoms with Crippen molar-refractivity contribution >= 4 is 11.9 Å². The minimum absolute atomic E-state index is 0.0887. The van der Waals surface area contributed by atoms with Gasteiger partial charge in [-0.1, -0.05) is 49.1 Å². The summed E-state index contributed by atoms with van der Waals surface area (Å²) in [6, 6.07) is 7.71. The first-order chi connectivity index (χ1) is 12.5. The maximum Gasteiger partial charge on any atom is 0.311 e. The van der Waals surface area contributed by atoms with E-state index in [9.17, 15) is 14.7 Å². The van der Waals surface area contributed by atoms with Crippen LogP contribution in [0.1, 0.15) is 37.7 Å². The summed E-state index contributed by atoms with van der Waals surface area (Å²) < 4.78 is 0. The van der Waals surface area contributed by atoms with Crippen molar-refractivity contribution in [2.24, 2.45) is 5.41 Å². The molecule has 0 bridgehead atoms. The lowest BCUT2D eigenvalue weighted by atomic mass is 9.74. The number of hydrogen-bond acceptors (Lipinski definition) is 5. The van der Waals surface area contributed by atoms with Crippen molar-refractivity contribution in [3.63, 3.8) is 0 Å². The number of tetrazole rings is 1. The number of carbonyl (C=O) groups excluding carboxylic acids is 1. The molecule has 0 atom stereocenters. The Bertz CT molecular complexity index is 778. The molecule has 2 aromatic rings. The SMILES string of the molecule is Cc1ccc(-c2nnn(CC(=O)NCC3(C(=O)O)CCCCC3)n2)cc1. The zero-order valence-corrected chi connectivity index (χ0v) is 14.8. The first-order valence-electron chi connectivity index (χ1n) is 8.83. The van der Waals surface area contributed by atoms with Gasteiger partial charge in [-0.3, -0.25) is 9.59 Å². The highest BCUT2D eigenvalue weighted by Crippen LogP contribution is 2.35. The van der Waals surface area contributed by atoms with E-state index in [-0.39, 0.29) is 19.0 Å². The van der Waals surface area contributed by atoms with Crippen LogP contribution in [0.5, 0.6) is 0 Å². The lowest BCUT2D eigenvalue weighted by molar-refractivity contribution is -0.151. The van der Waals surface area contributed by atoms with Crippen molar-refractivity contribution < 1.29 is 14.7 Å². The van der Waals surface area contributed by atoms with Crippen molar-refractivity contribution in [1.82, 2.24) is 25.5 Å². The van der Waals surface area contributed by atoms with Gasteiger partial charge in [-0.05, 0) is 25.0 Å². The van der Waals surface area contributed by atoms with E-state index in [1.807, 2.05) is 31.2 Å². The molecule has 1 aliphatic carbocycles. The molecule has 1 aromatic heterocycles. The monoisotopic (exact) mass is 357 g/mol. The van der Waals surface area contributed by atoms with Crippen LogP contribution >= 0.6 is 0 Å². The number of carboxylic acid groups (broad SMARTS) is 1. The van der Waals surface area contributed by atoms with Crippen molar-refractivity contribution in [3.05, 3.63) is 29.8 Å². The van der Waals surface area contributed by atoms with Crippen molar-refractivity contribution in [1.29, 1.82) is 0 Å². The number of amides is 1. The van der Waals surface area contributed by atoms with Gasteiger partial charge >= 0.3 is 5.97 Å². The van der Waals surface area contributed by atoms with Crippen LogP contribution in [-0.2, 0) is 16.1 Å². The van der Waals surface area contributed by atoms with Gasteiger partial charge in [0.15, 0.2) is 0 Å². The molecule has 0 spiro atoms. The Balaban J connectivity index is 1.58. The van der Waals surface area contributed by atoms with Gasteiger partial charge in [-0.15, -0.1) is 10.2 Å². The van der Waals surface area contributed by atoms with E-state index in [4.69, 9.17) is 0 Å². The normalized spacial score (nSPS) is 16.2. The molecule has 3 rings (SSSR count). The molecular formula is C18H23N5O3. The molecular weight excluding hydrogens is 334 g/mol. The number of aryl methyl sites for hydroxylation is 1. The zero-order valence-electron chi connectivity index (χ0n) is 14.8. The largest absolute Gasteiger partial charge is 0.481 e. The summed E-state index contributed by atoms with van der Waals surface area (Å²) in [5, 5.41) is 24.4. The lowest BCUT2D eigenvalue weighted by Gasteiger charge is -2.33. The van der Waals surface area contributed by atoms with Crippen LogP contribution in [-0.4, -0.2) is 43.7 Å². The van der Waals surface area contributed by atoms with Crippen molar-refractivity contribution in [3.8, 4) is 11.4 Å².